The predicted molar refractivity (Wildman–Crippen MR) is 40.8 cm³/mol. The SMILES string of the molecule is CC(F)C(F)(F)COP(=O)(Cl)Cl. The third-order valence-electron chi connectivity index (χ3n) is 0.989. The standard InChI is InChI=1S/C4H6Cl2F3O2P/c1-3(7)4(8,9)2-11-12(5,6)10/h3H,2H2,1H3. The van der Waals surface area contributed by atoms with Gasteiger partial charge in [0, 0.05) is 0 Å². The van der Waals surface area contributed by atoms with Crippen molar-refractivity contribution >= 4 is 28.6 Å². The zero-order valence-electron chi connectivity index (χ0n) is 5.94. The number of alkyl halides is 3. The summed E-state index contributed by atoms with van der Waals surface area (Å²) in [5, 5.41) is 0. The maximum atomic E-state index is 12.3. The Balaban J connectivity index is 4.01. The van der Waals surface area contributed by atoms with Crippen LogP contribution in [0.15, 0.2) is 0 Å². The van der Waals surface area contributed by atoms with Crippen molar-refractivity contribution in [3.8, 4) is 0 Å². The van der Waals surface area contributed by atoms with Crippen molar-refractivity contribution in [2.24, 2.45) is 0 Å². The van der Waals surface area contributed by atoms with Crippen LogP contribution in [-0.4, -0.2) is 18.7 Å². The van der Waals surface area contributed by atoms with Crippen LogP contribution in [0.2, 0.25) is 0 Å². The summed E-state index contributed by atoms with van der Waals surface area (Å²) in [7, 11) is 0. The Bertz CT molecular complexity index is 193. The molecule has 0 aliphatic carbocycles. The topological polar surface area (TPSA) is 26.3 Å². The molecular formula is C4H6Cl2F3O2P. The van der Waals surface area contributed by atoms with Crippen LogP contribution in [-0.2, 0) is 9.09 Å². The van der Waals surface area contributed by atoms with Crippen molar-refractivity contribution in [1.82, 2.24) is 0 Å². The normalized spacial score (nSPS) is 16.2. The molecule has 12 heavy (non-hydrogen) atoms. The summed E-state index contributed by atoms with van der Waals surface area (Å²) in [5.74, 6) is -3.72. The molecule has 0 radical (unpaired) electrons. The first-order valence-electron chi connectivity index (χ1n) is 2.81. The van der Waals surface area contributed by atoms with Gasteiger partial charge in [-0.2, -0.15) is 0 Å². The first-order chi connectivity index (χ1) is 5.15. The molecule has 0 N–H and O–H groups in total. The summed E-state index contributed by atoms with van der Waals surface area (Å²) in [6, 6.07) is 0. The highest BCUT2D eigenvalue weighted by Gasteiger charge is 2.39. The molecule has 0 bridgehead atoms. The Labute approximate surface area is 77.0 Å². The van der Waals surface area contributed by atoms with Gasteiger partial charge in [-0.15, -0.1) is 0 Å². The van der Waals surface area contributed by atoms with Gasteiger partial charge in [-0.1, -0.05) is 0 Å². The van der Waals surface area contributed by atoms with E-state index in [0.29, 0.717) is 6.92 Å². The second kappa shape index (κ2) is 4.18. The maximum absolute atomic E-state index is 12.3. The Morgan fingerprint density at radius 3 is 2.25 bits per heavy atom. The fraction of sp³-hybridized carbons (Fsp3) is 1.00. The third kappa shape index (κ3) is 5.25. The fourth-order valence-corrected chi connectivity index (χ4v) is 0.891. The summed E-state index contributed by atoms with van der Waals surface area (Å²) in [6.07, 6.45) is -6.41. The molecule has 0 aliphatic rings. The lowest BCUT2D eigenvalue weighted by atomic mass is 10.2. The minimum Gasteiger partial charge on any atom is -0.300 e. The van der Waals surface area contributed by atoms with E-state index in [1.165, 1.54) is 0 Å². The highest BCUT2D eigenvalue weighted by Crippen LogP contribution is 2.58. The lowest BCUT2D eigenvalue weighted by Gasteiger charge is -2.17. The number of halogens is 5. The van der Waals surface area contributed by atoms with Gasteiger partial charge in [0.1, 0.15) is 6.61 Å². The Hall–Kier alpha value is 0.560. The van der Waals surface area contributed by atoms with Crippen LogP contribution >= 0.6 is 28.6 Å². The van der Waals surface area contributed by atoms with Crippen molar-refractivity contribution in [3.05, 3.63) is 0 Å². The Kier molecular flexibility index (Phi) is 4.38. The van der Waals surface area contributed by atoms with E-state index in [1.807, 2.05) is 0 Å². The summed E-state index contributed by atoms with van der Waals surface area (Å²) in [6.45, 7) is -0.744. The smallest absolute Gasteiger partial charge is 0.300 e. The molecule has 0 spiro atoms. The molecule has 0 aromatic heterocycles. The van der Waals surface area contributed by atoms with Gasteiger partial charge in [0.15, 0.2) is 6.17 Å². The average Bonchev–Trinajstić information content (AvgIpc) is 1.82. The van der Waals surface area contributed by atoms with E-state index in [4.69, 9.17) is 22.5 Å². The highest BCUT2D eigenvalue weighted by atomic mass is 35.9. The van der Waals surface area contributed by atoms with Gasteiger partial charge in [-0.25, -0.2) is 13.2 Å². The minimum absolute atomic E-state index is 0.650. The second-order valence-corrected chi connectivity index (χ2v) is 6.34. The molecule has 0 saturated heterocycles. The quantitative estimate of drug-likeness (QED) is 0.707. The monoisotopic (exact) mass is 244 g/mol. The van der Waals surface area contributed by atoms with Gasteiger partial charge in [-0.05, 0) is 29.4 Å². The number of rotatable bonds is 4. The Morgan fingerprint density at radius 2 is 2.00 bits per heavy atom. The van der Waals surface area contributed by atoms with E-state index in [0.717, 1.165) is 0 Å². The predicted octanol–water partition coefficient (Wildman–Crippen LogP) is 3.58. The van der Waals surface area contributed by atoms with Crippen LogP contribution in [0.3, 0.4) is 0 Å². The molecule has 1 unspecified atom stereocenters. The maximum Gasteiger partial charge on any atom is 0.380 e. The lowest BCUT2D eigenvalue weighted by molar-refractivity contribution is -0.0925. The van der Waals surface area contributed by atoms with Crippen molar-refractivity contribution in [1.29, 1.82) is 0 Å². The van der Waals surface area contributed by atoms with E-state index < -0.39 is 24.8 Å². The Morgan fingerprint density at radius 1 is 1.58 bits per heavy atom. The summed E-state index contributed by atoms with van der Waals surface area (Å²) in [5.41, 5.74) is 0. The molecule has 0 heterocycles. The second-order valence-electron chi connectivity index (χ2n) is 2.06. The van der Waals surface area contributed by atoms with Crippen LogP contribution in [0.1, 0.15) is 6.92 Å². The van der Waals surface area contributed by atoms with Crippen LogP contribution in [0.5, 0.6) is 0 Å². The van der Waals surface area contributed by atoms with Crippen molar-refractivity contribution < 1.29 is 22.3 Å². The molecule has 0 saturated carbocycles. The molecule has 0 aromatic carbocycles. The zero-order valence-corrected chi connectivity index (χ0v) is 8.34. The van der Waals surface area contributed by atoms with E-state index in [2.05, 4.69) is 4.52 Å². The molecule has 74 valence electrons. The van der Waals surface area contributed by atoms with Crippen molar-refractivity contribution in [3.63, 3.8) is 0 Å². The van der Waals surface area contributed by atoms with Crippen LogP contribution in [0, 0.1) is 0 Å². The van der Waals surface area contributed by atoms with Gasteiger partial charge >= 0.3 is 12.0 Å². The van der Waals surface area contributed by atoms with Gasteiger partial charge in [0.25, 0.3) is 0 Å². The summed E-state index contributed by atoms with van der Waals surface area (Å²) >= 11 is 9.57. The van der Waals surface area contributed by atoms with Gasteiger partial charge in [0.05, 0.1) is 0 Å². The molecular weight excluding hydrogens is 239 g/mol. The summed E-state index contributed by atoms with van der Waals surface area (Å²) < 4.78 is 50.9. The first-order valence-corrected chi connectivity index (χ1v) is 6.24. The van der Waals surface area contributed by atoms with Crippen molar-refractivity contribution in [2.75, 3.05) is 6.61 Å². The fourth-order valence-electron chi connectivity index (χ4n) is 0.276. The number of hydrogen-bond acceptors (Lipinski definition) is 2. The van der Waals surface area contributed by atoms with E-state index >= 15 is 0 Å². The van der Waals surface area contributed by atoms with Gasteiger partial charge in [0.2, 0.25) is 0 Å². The van der Waals surface area contributed by atoms with Crippen LogP contribution in [0.4, 0.5) is 13.2 Å². The molecule has 1 atom stereocenters. The largest absolute Gasteiger partial charge is 0.380 e. The molecule has 2 nitrogen and oxygen atoms in total. The molecule has 0 fully saturated rings. The van der Waals surface area contributed by atoms with Gasteiger partial charge in [-0.3, -0.25) is 9.09 Å². The van der Waals surface area contributed by atoms with E-state index in [9.17, 15) is 17.7 Å². The van der Waals surface area contributed by atoms with Crippen LogP contribution < -0.4 is 0 Å². The summed E-state index contributed by atoms with van der Waals surface area (Å²) in [4.78, 5) is 0. The minimum atomic E-state index is -4.00. The molecule has 8 heteroatoms. The van der Waals surface area contributed by atoms with E-state index in [-0.39, 0.29) is 0 Å². The zero-order chi connectivity index (χ0) is 9.99. The third-order valence-corrected chi connectivity index (χ3v) is 2.00. The first kappa shape index (κ1) is 12.6. The number of hydrogen-bond donors (Lipinski definition) is 0. The average molecular weight is 245 g/mol. The molecule has 0 amide bonds. The highest BCUT2D eigenvalue weighted by molar-refractivity contribution is 8.05. The van der Waals surface area contributed by atoms with Crippen molar-refractivity contribution in [2.45, 2.75) is 19.0 Å². The van der Waals surface area contributed by atoms with Crippen LogP contribution in [0.25, 0.3) is 0 Å². The van der Waals surface area contributed by atoms with Gasteiger partial charge < -0.3 is 0 Å². The van der Waals surface area contributed by atoms with E-state index in [1.54, 1.807) is 0 Å². The lowest BCUT2D eigenvalue weighted by Crippen LogP contribution is -2.32. The molecule has 0 aliphatic heterocycles. The molecule has 0 rings (SSSR count). The molecule has 0 aromatic rings.